The number of amides is 1. The highest BCUT2D eigenvalue weighted by Gasteiger charge is 2.17. The van der Waals surface area contributed by atoms with Crippen LogP contribution in [0.2, 0.25) is 0 Å². The van der Waals surface area contributed by atoms with Crippen molar-refractivity contribution in [3.63, 3.8) is 0 Å². The normalized spacial score (nSPS) is 10.8. The monoisotopic (exact) mass is 330 g/mol. The summed E-state index contributed by atoms with van der Waals surface area (Å²) in [4.78, 5) is 16.1. The van der Waals surface area contributed by atoms with E-state index in [9.17, 15) is 9.18 Å². The molecule has 0 unspecified atom stereocenters. The summed E-state index contributed by atoms with van der Waals surface area (Å²) >= 11 is 0. The number of hydrogen-bond donors (Lipinski definition) is 1. The van der Waals surface area contributed by atoms with Crippen LogP contribution < -0.4 is 5.32 Å². The van der Waals surface area contributed by atoms with Gasteiger partial charge in [0.1, 0.15) is 11.6 Å². The van der Waals surface area contributed by atoms with Crippen molar-refractivity contribution in [1.82, 2.24) is 20.6 Å². The van der Waals surface area contributed by atoms with E-state index in [1.54, 1.807) is 19.1 Å². The predicted octanol–water partition coefficient (Wildman–Crippen LogP) is 2.33. The van der Waals surface area contributed by atoms with Gasteiger partial charge in [-0.2, -0.15) is 4.98 Å². The van der Waals surface area contributed by atoms with Gasteiger partial charge in [0.2, 0.25) is 5.89 Å². The fourth-order valence-electron chi connectivity index (χ4n) is 2.19. The van der Waals surface area contributed by atoms with E-state index in [4.69, 9.17) is 9.05 Å². The van der Waals surface area contributed by atoms with Crippen molar-refractivity contribution >= 4 is 5.91 Å². The van der Waals surface area contributed by atoms with Crippen molar-refractivity contribution < 1.29 is 18.2 Å². The molecule has 3 rings (SSSR count). The summed E-state index contributed by atoms with van der Waals surface area (Å²) in [7, 11) is 0. The number of aromatic nitrogens is 3. The van der Waals surface area contributed by atoms with Crippen LogP contribution in [0.3, 0.4) is 0 Å². The van der Waals surface area contributed by atoms with Crippen LogP contribution in [0.4, 0.5) is 4.39 Å². The van der Waals surface area contributed by atoms with Gasteiger partial charge < -0.3 is 14.4 Å². The van der Waals surface area contributed by atoms with Crippen LogP contribution in [0.5, 0.6) is 0 Å². The van der Waals surface area contributed by atoms with Gasteiger partial charge in [-0.25, -0.2) is 4.39 Å². The smallest absolute Gasteiger partial charge is 0.292 e. The fourth-order valence-corrected chi connectivity index (χ4v) is 2.19. The van der Waals surface area contributed by atoms with Crippen LogP contribution in [0.25, 0.3) is 0 Å². The number of halogens is 1. The second-order valence-corrected chi connectivity index (χ2v) is 5.30. The van der Waals surface area contributed by atoms with Gasteiger partial charge in [0.15, 0.2) is 0 Å². The molecule has 0 saturated heterocycles. The zero-order valence-electron chi connectivity index (χ0n) is 13.2. The highest BCUT2D eigenvalue weighted by Crippen LogP contribution is 2.16. The molecule has 0 aliphatic carbocycles. The summed E-state index contributed by atoms with van der Waals surface area (Å²) in [6, 6.07) is 5.85. The summed E-state index contributed by atoms with van der Waals surface area (Å²) in [6.07, 6.45) is 0.347. The topological polar surface area (TPSA) is 94.0 Å². The first kappa shape index (κ1) is 15.9. The maximum absolute atomic E-state index is 12.8. The molecule has 0 spiro atoms. The van der Waals surface area contributed by atoms with Crippen LogP contribution >= 0.6 is 0 Å². The molecular formula is C16H15FN4O3. The third-order valence-corrected chi connectivity index (χ3v) is 3.55. The van der Waals surface area contributed by atoms with Gasteiger partial charge in [-0.1, -0.05) is 22.4 Å². The van der Waals surface area contributed by atoms with Crippen LogP contribution in [-0.2, 0) is 13.0 Å². The maximum Gasteiger partial charge on any atom is 0.292 e. The largest absolute Gasteiger partial charge is 0.361 e. The lowest BCUT2D eigenvalue weighted by molar-refractivity contribution is 0.0937. The van der Waals surface area contributed by atoms with Gasteiger partial charge in [0, 0.05) is 12.1 Å². The zero-order valence-corrected chi connectivity index (χ0v) is 13.2. The number of benzene rings is 1. The van der Waals surface area contributed by atoms with Gasteiger partial charge in [0.25, 0.3) is 11.7 Å². The first-order chi connectivity index (χ1) is 11.5. The van der Waals surface area contributed by atoms with Gasteiger partial charge in [0.05, 0.1) is 12.1 Å². The van der Waals surface area contributed by atoms with Crippen molar-refractivity contribution in [3.8, 4) is 0 Å². The van der Waals surface area contributed by atoms with Crippen LogP contribution in [0.1, 0.15) is 39.1 Å². The minimum absolute atomic E-state index is 0.0566. The summed E-state index contributed by atoms with van der Waals surface area (Å²) in [6.45, 7) is 3.85. The van der Waals surface area contributed by atoms with Crippen molar-refractivity contribution in [3.05, 3.63) is 64.4 Å². The molecule has 0 bridgehead atoms. The number of nitrogens with one attached hydrogen (secondary N) is 1. The van der Waals surface area contributed by atoms with Gasteiger partial charge in [-0.3, -0.25) is 4.79 Å². The average molecular weight is 330 g/mol. The van der Waals surface area contributed by atoms with E-state index in [1.165, 1.54) is 12.1 Å². The van der Waals surface area contributed by atoms with E-state index in [1.807, 2.05) is 6.92 Å². The minimum atomic E-state index is -0.465. The molecule has 1 amide bonds. The molecule has 0 atom stereocenters. The third-order valence-electron chi connectivity index (χ3n) is 3.55. The van der Waals surface area contributed by atoms with Crippen molar-refractivity contribution in [2.24, 2.45) is 0 Å². The Morgan fingerprint density at radius 1 is 1.17 bits per heavy atom. The number of aryl methyl sites for hydroxylation is 2. The molecule has 7 nitrogen and oxygen atoms in total. The summed E-state index contributed by atoms with van der Waals surface area (Å²) in [5.41, 5.74) is 2.37. The Bertz CT molecular complexity index is 835. The molecule has 1 N–H and O–H groups in total. The first-order valence-electron chi connectivity index (χ1n) is 7.30. The molecule has 24 heavy (non-hydrogen) atoms. The maximum atomic E-state index is 12.8. The molecule has 124 valence electrons. The zero-order chi connectivity index (χ0) is 17.1. The van der Waals surface area contributed by atoms with Crippen molar-refractivity contribution in [2.45, 2.75) is 26.8 Å². The van der Waals surface area contributed by atoms with E-state index < -0.39 is 5.91 Å². The highest BCUT2D eigenvalue weighted by atomic mass is 19.1. The standard InChI is InChI=1S/C16H15FN4O3/c1-9-13(10(2)23-20-9)7-14-19-15(21-24-14)16(22)18-8-11-3-5-12(17)6-4-11/h3-6H,7-8H2,1-2H3,(H,18,22). The Labute approximate surface area is 136 Å². The lowest BCUT2D eigenvalue weighted by Crippen LogP contribution is -2.24. The number of carbonyl (C=O) groups is 1. The van der Waals surface area contributed by atoms with E-state index >= 15 is 0 Å². The summed E-state index contributed by atoms with van der Waals surface area (Å²) < 4.78 is 23.0. The quantitative estimate of drug-likeness (QED) is 0.771. The lowest BCUT2D eigenvalue weighted by Gasteiger charge is -2.02. The SMILES string of the molecule is Cc1noc(C)c1Cc1nc(C(=O)NCc2ccc(F)cc2)no1. The Hall–Kier alpha value is -3.03. The molecule has 2 aromatic heterocycles. The molecule has 0 radical (unpaired) electrons. The Balaban J connectivity index is 1.62. The Kier molecular flexibility index (Phi) is 4.37. The number of nitrogens with zero attached hydrogens (tertiary/aromatic N) is 3. The summed E-state index contributed by atoms with van der Waals surface area (Å²) in [5, 5.41) is 10.2. The third kappa shape index (κ3) is 3.48. The molecule has 2 heterocycles. The molecule has 0 fully saturated rings. The molecule has 1 aromatic carbocycles. The molecule has 0 aliphatic heterocycles. The minimum Gasteiger partial charge on any atom is -0.361 e. The predicted molar refractivity (Wildman–Crippen MR) is 80.7 cm³/mol. The number of rotatable bonds is 5. The molecular weight excluding hydrogens is 315 g/mol. The van der Waals surface area contributed by atoms with E-state index in [0.29, 0.717) is 18.1 Å². The molecule has 3 aromatic rings. The number of carbonyl (C=O) groups excluding carboxylic acids is 1. The van der Waals surface area contributed by atoms with Crippen molar-refractivity contribution in [2.75, 3.05) is 0 Å². The van der Waals surface area contributed by atoms with Gasteiger partial charge in [-0.05, 0) is 31.5 Å². The van der Waals surface area contributed by atoms with Crippen LogP contribution in [-0.4, -0.2) is 21.2 Å². The van der Waals surface area contributed by atoms with E-state index in [2.05, 4.69) is 20.6 Å². The second kappa shape index (κ2) is 6.61. The molecule has 0 aliphatic rings. The fraction of sp³-hybridized carbons (Fsp3) is 0.250. The van der Waals surface area contributed by atoms with Crippen LogP contribution in [0, 0.1) is 19.7 Å². The first-order valence-corrected chi connectivity index (χ1v) is 7.30. The van der Waals surface area contributed by atoms with Gasteiger partial charge in [-0.15, -0.1) is 0 Å². The number of hydrogen-bond acceptors (Lipinski definition) is 6. The Morgan fingerprint density at radius 2 is 1.92 bits per heavy atom. The molecule has 8 heteroatoms. The summed E-state index contributed by atoms with van der Waals surface area (Å²) in [5.74, 6) is 0.128. The Morgan fingerprint density at radius 3 is 2.58 bits per heavy atom. The van der Waals surface area contributed by atoms with E-state index in [-0.39, 0.29) is 18.2 Å². The average Bonchev–Trinajstić information content (AvgIpc) is 3.16. The van der Waals surface area contributed by atoms with E-state index in [0.717, 1.165) is 16.8 Å². The highest BCUT2D eigenvalue weighted by molar-refractivity contribution is 5.90. The lowest BCUT2D eigenvalue weighted by atomic mass is 10.1. The molecule has 0 saturated carbocycles. The van der Waals surface area contributed by atoms with Crippen LogP contribution in [0.15, 0.2) is 33.3 Å². The second-order valence-electron chi connectivity index (χ2n) is 5.30. The van der Waals surface area contributed by atoms with Crippen molar-refractivity contribution in [1.29, 1.82) is 0 Å². The van der Waals surface area contributed by atoms with Gasteiger partial charge >= 0.3 is 0 Å².